The molecule has 1 fully saturated rings. The van der Waals surface area contributed by atoms with Crippen molar-refractivity contribution in [1.29, 1.82) is 0 Å². The lowest BCUT2D eigenvalue weighted by atomic mass is 9.95. The Balaban J connectivity index is 2.18. The van der Waals surface area contributed by atoms with Crippen molar-refractivity contribution in [3.05, 3.63) is 0 Å². The summed E-state index contributed by atoms with van der Waals surface area (Å²) in [4.78, 5) is 0. The van der Waals surface area contributed by atoms with E-state index in [1.165, 1.54) is 32.1 Å². The van der Waals surface area contributed by atoms with Gasteiger partial charge in [0.15, 0.2) is 0 Å². The van der Waals surface area contributed by atoms with Gasteiger partial charge in [-0.1, -0.05) is 26.2 Å². The van der Waals surface area contributed by atoms with E-state index in [-0.39, 0.29) is 6.61 Å². The minimum Gasteiger partial charge on any atom is -0.395 e. The molecule has 0 aliphatic heterocycles. The smallest absolute Gasteiger partial charge is 0.0584 e. The third-order valence-electron chi connectivity index (χ3n) is 2.79. The topological polar surface area (TPSA) is 32.3 Å². The lowest BCUT2D eigenvalue weighted by Crippen LogP contribution is -2.41. The highest BCUT2D eigenvalue weighted by Gasteiger charge is 2.15. The summed E-state index contributed by atoms with van der Waals surface area (Å²) in [5.74, 6) is 0. The van der Waals surface area contributed by atoms with Crippen molar-refractivity contribution in [2.24, 2.45) is 0 Å². The van der Waals surface area contributed by atoms with Crippen molar-refractivity contribution in [2.45, 2.75) is 57.5 Å². The Kier molecular flexibility index (Phi) is 4.62. The molecule has 0 radical (unpaired) electrons. The zero-order valence-electron chi connectivity index (χ0n) is 8.05. The second-order valence-electron chi connectivity index (χ2n) is 3.79. The lowest BCUT2D eigenvalue weighted by molar-refractivity contribution is 0.215. The van der Waals surface area contributed by atoms with Gasteiger partial charge in [-0.2, -0.15) is 0 Å². The molecule has 0 spiro atoms. The van der Waals surface area contributed by atoms with Gasteiger partial charge in [-0.3, -0.25) is 0 Å². The van der Waals surface area contributed by atoms with E-state index < -0.39 is 0 Å². The molecule has 1 aliphatic carbocycles. The quantitative estimate of drug-likeness (QED) is 0.674. The van der Waals surface area contributed by atoms with Gasteiger partial charge in [0.25, 0.3) is 0 Å². The van der Waals surface area contributed by atoms with Gasteiger partial charge < -0.3 is 10.4 Å². The molecule has 0 heterocycles. The van der Waals surface area contributed by atoms with Crippen molar-refractivity contribution in [1.82, 2.24) is 5.32 Å². The van der Waals surface area contributed by atoms with Gasteiger partial charge in [0.05, 0.1) is 6.61 Å². The first kappa shape index (κ1) is 10.0. The van der Waals surface area contributed by atoms with Crippen LogP contribution >= 0.6 is 0 Å². The summed E-state index contributed by atoms with van der Waals surface area (Å²) in [6.07, 6.45) is 7.76. The number of aliphatic hydroxyl groups excluding tert-OH is 1. The second-order valence-corrected chi connectivity index (χ2v) is 3.79. The molecule has 2 N–H and O–H groups in total. The van der Waals surface area contributed by atoms with E-state index in [1.807, 2.05) is 0 Å². The van der Waals surface area contributed by atoms with Gasteiger partial charge in [0, 0.05) is 12.1 Å². The predicted molar refractivity (Wildman–Crippen MR) is 51.2 cm³/mol. The van der Waals surface area contributed by atoms with Gasteiger partial charge in [0.2, 0.25) is 0 Å². The van der Waals surface area contributed by atoms with Crippen molar-refractivity contribution in [3.63, 3.8) is 0 Å². The average molecular weight is 171 g/mol. The minimum atomic E-state index is 0.285. The van der Waals surface area contributed by atoms with Crippen molar-refractivity contribution in [3.8, 4) is 0 Å². The van der Waals surface area contributed by atoms with Crippen LogP contribution in [0.25, 0.3) is 0 Å². The highest BCUT2D eigenvalue weighted by Crippen LogP contribution is 2.17. The normalized spacial score (nSPS) is 22.5. The molecule has 0 bridgehead atoms. The Hall–Kier alpha value is -0.0800. The first-order valence-corrected chi connectivity index (χ1v) is 5.23. The zero-order chi connectivity index (χ0) is 8.81. The number of aliphatic hydroxyl groups is 1. The summed E-state index contributed by atoms with van der Waals surface area (Å²) in [6.45, 7) is 2.41. The third-order valence-corrected chi connectivity index (χ3v) is 2.79. The Bertz CT molecular complexity index is 106. The number of hydrogen-bond acceptors (Lipinski definition) is 2. The average Bonchev–Trinajstić information content (AvgIpc) is 2.16. The molecule has 2 heteroatoms. The minimum absolute atomic E-state index is 0.285. The van der Waals surface area contributed by atoms with Crippen LogP contribution in [0.2, 0.25) is 0 Å². The van der Waals surface area contributed by atoms with E-state index in [0.29, 0.717) is 12.1 Å². The molecule has 0 aromatic rings. The van der Waals surface area contributed by atoms with E-state index in [1.54, 1.807) is 0 Å². The summed E-state index contributed by atoms with van der Waals surface area (Å²) in [5, 5.41) is 12.5. The Morgan fingerprint density at radius 2 is 2.00 bits per heavy atom. The largest absolute Gasteiger partial charge is 0.395 e. The lowest BCUT2D eigenvalue weighted by Gasteiger charge is -2.26. The van der Waals surface area contributed by atoms with Crippen LogP contribution in [-0.2, 0) is 0 Å². The first-order valence-electron chi connectivity index (χ1n) is 5.23. The number of nitrogens with one attached hydrogen (secondary N) is 1. The third kappa shape index (κ3) is 3.11. The molecular formula is C10H21NO. The molecule has 0 aromatic carbocycles. The van der Waals surface area contributed by atoms with Gasteiger partial charge in [-0.05, 0) is 19.3 Å². The fraction of sp³-hybridized carbons (Fsp3) is 1.00. The molecule has 12 heavy (non-hydrogen) atoms. The van der Waals surface area contributed by atoms with Crippen LogP contribution in [0, 0.1) is 0 Å². The van der Waals surface area contributed by atoms with Gasteiger partial charge in [-0.15, -0.1) is 0 Å². The maximum absolute atomic E-state index is 8.99. The molecule has 2 nitrogen and oxygen atoms in total. The highest BCUT2D eigenvalue weighted by molar-refractivity contribution is 4.76. The van der Waals surface area contributed by atoms with Crippen LogP contribution in [0.5, 0.6) is 0 Å². The Labute approximate surface area is 75.4 Å². The molecule has 1 atom stereocenters. The maximum Gasteiger partial charge on any atom is 0.0584 e. The summed E-state index contributed by atoms with van der Waals surface area (Å²) >= 11 is 0. The fourth-order valence-electron chi connectivity index (χ4n) is 1.90. The molecule has 1 saturated carbocycles. The second kappa shape index (κ2) is 5.55. The van der Waals surface area contributed by atoms with Gasteiger partial charge in [0.1, 0.15) is 0 Å². The Morgan fingerprint density at radius 3 is 2.50 bits per heavy atom. The molecule has 0 amide bonds. The molecule has 1 aliphatic rings. The standard InChI is InChI=1S/C10H21NO/c1-2-9(8-12)11-10-6-4-3-5-7-10/h9-12H,2-8H2,1H3/t9-/m0/s1. The molecule has 0 unspecified atom stereocenters. The maximum atomic E-state index is 8.99. The van der Waals surface area contributed by atoms with Gasteiger partial charge in [-0.25, -0.2) is 0 Å². The van der Waals surface area contributed by atoms with Crippen molar-refractivity contribution < 1.29 is 5.11 Å². The summed E-state index contributed by atoms with van der Waals surface area (Å²) in [7, 11) is 0. The molecule has 0 saturated heterocycles. The van der Waals surface area contributed by atoms with Crippen LogP contribution < -0.4 is 5.32 Å². The van der Waals surface area contributed by atoms with Crippen molar-refractivity contribution in [2.75, 3.05) is 6.61 Å². The van der Waals surface area contributed by atoms with Crippen LogP contribution in [0.1, 0.15) is 45.4 Å². The van der Waals surface area contributed by atoms with Crippen LogP contribution in [0.4, 0.5) is 0 Å². The number of rotatable bonds is 4. The van der Waals surface area contributed by atoms with Crippen LogP contribution in [0.15, 0.2) is 0 Å². The molecule has 1 rings (SSSR count). The monoisotopic (exact) mass is 171 g/mol. The van der Waals surface area contributed by atoms with E-state index in [2.05, 4.69) is 12.2 Å². The van der Waals surface area contributed by atoms with Crippen LogP contribution in [0.3, 0.4) is 0 Å². The predicted octanol–water partition coefficient (Wildman–Crippen LogP) is 1.68. The summed E-state index contributed by atoms with van der Waals surface area (Å²) in [6, 6.07) is 1.00. The highest BCUT2D eigenvalue weighted by atomic mass is 16.3. The zero-order valence-corrected chi connectivity index (χ0v) is 8.05. The summed E-state index contributed by atoms with van der Waals surface area (Å²) < 4.78 is 0. The molecular weight excluding hydrogens is 150 g/mol. The Morgan fingerprint density at radius 1 is 1.33 bits per heavy atom. The first-order chi connectivity index (χ1) is 5.86. The van der Waals surface area contributed by atoms with E-state index in [9.17, 15) is 0 Å². The van der Waals surface area contributed by atoms with Crippen LogP contribution in [-0.4, -0.2) is 23.8 Å². The summed E-state index contributed by atoms with van der Waals surface area (Å²) in [5.41, 5.74) is 0. The number of hydrogen-bond donors (Lipinski definition) is 2. The van der Waals surface area contributed by atoms with E-state index in [4.69, 9.17) is 5.11 Å². The fourth-order valence-corrected chi connectivity index (χ4v) is 1.90. The van der Waals surface area contributed by atoms with Gasteiger partial charge >= 0.3 is 0 Å². The SMILES string of the molecule is CC[C@@H](CO)NC1CCCCC1. The molecule has 72 valence electrons. The van der Waals surface area contributed by atoms with E-state index >= 15 is 0 Å². The van der Waals surface area contributed by atoms with E-state index in [0.717, 1.165) is 6.42 Å². The molecule has 0 aromatic heterocycles. The van der Waals surface area contributed by atoms with Crippen molar-refractivity contribution >= 4 is 0 Å².